The molecule has 3 nitrogen and oxygen atoms in total. The molecule has 1 aromatic carbocycles. The molecule has 0 N–H and O–H groups in total. The lowest BCUT2D eigenvalue weighted by Gasteiger charge is -2.10. The molecule has 0 atom stereocenters. The SMILES string of the molecule is CC(/C=C/C(F)=C(/C)c1ccc2c(ccn2C(C)C)c1)=C\C(=O)[O-]. The van der Waals surface area contributed by atoms with Crippen molar-refractivity contribution in [3.8, 4) is 0 Å². The Morgan fingerprint density at radius 1 is 1.21 bits per heavy atom. The smallest absolute Gasteiger partial charge is 0.126 e. The molecule has 24 heavy (non-hydrogen) atoms. The average molecular weight is 326 g/mol. The highest BCUT2D eigenvalue weighted by molar-refractivity contribution is 5.85. The van der Waals surface area contributed by atoms with Crippen molar-refractivity contribution in [3.63, 3.8) is 0 Å². The van der Waals surface area contributed by atoms with Gasteiger partial charge in [-0.3, -0.25) is 0 Å². The number of rotatable bonds is 5. The van der Waals surface area contributed by atoms with Gasteiger partial charge in [-0.05, 0) is 74.8 Å². The van der Waals surface area contributed by atoms with Gasteiger partial charge >= 0.3 is 0 Å². The molecule has 0 fully saturated rings. The number of fused-ring (bicyclic) bond motifs is 1. The van der Waals surface area contributed by atoms with Gasteiger partial charge in [0.1, 0.15) is 5.83 Å². The summed E-state index contributed by atoms with van der Waals surface area (Å²) in [6, 6.07) is 8.23. The molecular weight excluding hydrogens is 305 g/mol. The first kappa shape index (κ1) is 17.7. The minimum absolute atomic E-state index is 0.364. The Balaban J connectivity index is 2.34. The van der Waals surface area contributed by atoms with Crippen molar-refractivity contribution < 1.29 is 14.3 Å². The molecule has 0 saturated heterocycles. The van der Waals surface area contributed by atoms with Crippen molar-refractivity contribution in [1.82, 2.24) is 4.57 Å². The van der Waals surface area contributed by atoms with Crippen LogP contribution in [0.5, 0.6) is 0 Å². The Morgan fingerprint density at radius 2 is 1.92 bits per heavy atom. The maximum atomic E-state index is 14.3. The van der Waals surface area contributed by atoms with Crippen LogP contribution in [-0.2, 0) is 4.79 Å². The third kappa shape index (κ3) is 4.02. The number of halogens is 1. The predicted octanol–water partition coefficient (Wildman–Crippen LogP) is 4.18. The van der Waals surface area contributed by atoms with Gasteiger partial charge in [0.2, 0.25) is 0 Å². The van der Waals surface area contributed by atoms with Gasteiger partial charge in [0, 0.05) is 23.1 Å². The molecule has 2 aromatic rings. The van der Waals surface area contributed by atoms with Crippen LogP contribution >= 0.6 is 0 Å². The third-order valence-electron chi connectivity index (χ3n) is 3.91. The van der Waals surface area contributed by atoms with Gasteiger partial charge < -0.3 is 14.5 Å². The van der Waals surface area contributed by atoms with E-state index in [1.807, 2.05) is 30.5 Å². The van der Waals surface area contributed by atoms with Gasteiger partial charge in [-0.15, -0.1) is 0 Å². The maximum absolute atomic E-state index is 14.3. The largest absolute Gasteiger partial charge is 0.545 e. The van der Waals surface area contributed by atoms with Gasteiger partial charge in [-0.1, -0.05) is 12.1 Å². The van der Waals surface area contributed by atoms with E-state index in [2.05, 4.69) is 18.4 Å². The number of allylic oxidation sites excluding steroid dienone is 5. The fourth-order valence-electron chi connectivity index (χ4n) is 2.55. The molecule has 0 aliphatic rings. The number of carboxylic acids is 1. The summed E-state index contributed by atoms with van der Waals surface area (Å²) in [7, 11) is 0. The van der Waals surface area contributed by atoms with Crippen LogP contribution in [0, 0.1) is 0 Å². The molecule has 0 radical (unpaired) electrons. The third-order valence-corrected chi connectivity index (χ3v) is 3.91. The maximum Gasteiger partial charge on any atom is 0.126 e. The zero-order valence-corrected chi connectivity index (χ0v) is 14.3. The van der Waals surface area contributed by atoms with E-state index in [1.165, 1.54) is 12.2 Å². The lowest BCUT2D eigenvalue weighted by atomic mass is 10.0. The van der Waals surface area contributed by atoms with E-state index >= 15 is 0 Å². The monoisotopic (exact) mass is 326 g/mol. The van der Waals surface area contributed by atoms with E-state index in [0.717, 1.165) is 22.5 Å². The highest BCUT2D eigenvalue weighted by Gasteiger charge is 2.07. The van der Waals surface area contributed by atoms with Crippen molar-refractivity contribution in [2.75, 3.05) is 0 Å². The fraction of sp³-hybridized carbons (Fsp3) is 0.250. The lowest BCUT2D eigenvalue weighted by Crippen LogP contribution is -2.19. The molecule has 1 heterocycles. The van der Waals surface area contributed by atoms with Crippen molar-refractivity contribution in [1.29, 1.82) is 0 Å². The number of hydrogen-bond donors (Lipinski definition) is 0. The first-order valence-electron chi connectivity index (χ1n) is 7.84. The molecule has 0 bridgehead atoms. The molecule has 4 heteroatoms. The van der Waals surface area contributed by atoms with E-state index in [-0.39, 0.29) is 0 Å². The van der Waals surface area contributed by atoms with Crippen molar-refractivity contribution >= 4 is 22.4 Å². The molecule has 126 valence electrons. The Kier molecular flexibility index (Phi) is 5.39. The van der Waals surface area contributed by atoms with E-state index < -0.39 is 11.8 Å². The standard InChI is InChI=1S/C20H22FNO2/c1-13(2)22-10-9-17-12-16(6-8-19(17)22)15(4)18(21)7-5-14(3)11-20(23)24/h5-13H,1-4H3,(H,23,24)/p-1/b7-5+,14-11+,18-15+. The second kappa shape index (κ2) is 7.30. The van der Waals surface area contributed by atoms with Crippen LogP contribution < -0.4 is 5.11 Å². The molecular formula is C20H21FNO2-. The van der Waals surface area contributed by atoms with Gasteiger partial charge in [-0.2, -0.15) is 0 Å². The number of nitrogens with zero attached hydrogens (tertiary/aromatic N) is 1. The Labute approximate surface area is 141 Å². The van der Waals surface area contributed by atoms with E-state index in [1.54, 1.807) is 13.8 Å². The fourth-order valence-corrected chi connectivity index (χ4v) is 2.55. The van der Waals surface area contributed by atoms with Crippen molar-refractivity contribution in [3.05, 3.63) is 65.7 Å². The van der Waals surface area contributed by atoms with Crippen molar-refractivity contribution in [2.24, 2.45) is 0 Å². The summed E-state index contributed by atoms with van der Waals surface area (Å²) >= 11 is 0. The van der Waals surface area contributed by atoms with Crippen LogP contribution in [0.3, 0.4) is 0 Å². The number of carbonyl (C=O) groups excluding carboxylic acids is 1. The summed E-state index contributed by atoms with van der Waals surface area (Å²) in [5, 5.41) is 11.5. The quantitative estimate of drug-likeness (QED) is 0.611. The summed E-state index contributed by atoms with van der Waals surface area (Å²) < 4.78 is 16.5. The molecule has 0 unspecified atom stereocenters. The molecule has 0 aliphatic heterocycles. The van der Waals surface area contributed by atoms with Gasteiger partial charge in [0.05, 0.1) is 5.97 Å². The van der Waals surface area contributed by atoms with E-state index in [0.29, 0.717) is 17.2 Å². The highest BCUT2D eigenvalue weighted by Crippen LogP contribution is 2.26. The second-order valence-electron chi connectivity index (χ2n) is 6.10. The summed E-state index contributed by atoms with van der Waals surface area (Å²) in [6.45, 7) is 7.52. The number of aromatic nitrogens is 1. The summed E-state index contributed by atoms with van der Waals surface area (Å²) in [4.78, 5) is 10.5. The molecule has 0 aliphatic carbocycles. The highest BCUT2D eigenvalue weighted by atomic mass is 19.1. The Morgan fingerprint density at radius 3 is 2.54 bits per heavy atom. The topological polar surface area (TPSA) is 45.1 Å². The van der Waals surface area contributed by atoms with Crippen LogP contribution in [0.1, 0.15) is 39.3 Å². The number of carbonyl (C=O) groups is 1. The zero-order chi connectivity index (χ0) is 17.9. The zero-order valence-electron chi connectivity index (χ0n) is 14.3. The minimum Gasteiger partial charge on any atom is -0.545 e. The second-order valence-corrected chi connectivity index (χ2v) is 6.10. The van der Waals surface area contributed by atoms with E-state index in [4.69, 9.17) is 0 Å². The average Bonchev–Trinajstić information content (AvgIpc) is 2.94. The molecule has 0 saturated carbocycles. The van der Waals surface area contributed by atoms with E-state index in [9.17, 15) is 14.3 Å². The Bertz CT molecular complexity index is 854. The summed E-state index contributed by atoms with van der Waals surface area (Å²) in [6.07, 6.45) is 5.65. The first-order valence-corrected chi connectivity index (χ1v) is 7.84. The number of aliphatic carboxylic acids is 1. The molecule has 2 rings (SSSR count). The first-order chi connectivity index (χ1) is 11.3. The van der Waals surface area contributed by atoms with Crippen LogP contribution in [0.15, 0.2) is 60.1 Å². The number of benzene rings is 1. The number of hydrogen-bond acceptors (Lipinski definition) is 2. The molecule has 1 aromatic heterocycles. The lowest BCUT2D eigenvalue weighted by molar-refractivity contribution is -0.297. The van der Waals surface area contributed by atoms with Gasteiger partial charge in [0.25, 0.3) is 0 Å². The van der Waals surface area contributed by atoms with Crippen LogP contribution in [0.25, 0.3) is 16.5 Å². The normalized spacial score (nSPS) is 13.8. The van der Waals surface area contributed by atoms with Crippen molar-refractivity contribution in [2.45, 2.75) is 33.7 Å². The predicted molar refractivity (Wildman–Crippen MR) is 93.9 cm³/mol. The van der Waals surface area contributed by atoms with Crippen LogP contribution in [-0.4, -0.2) is 10.5 Å². The van der Waals surface area contributed by atoms with Gasteiger partial charge in [0.15, 0.2) is 0 Å². The number of carboxylic acid groups (broad SMARTS) is 1. The van der Waals surface area contributed by atoms with Gasteiger partial charge in [-0.25, -0.2) is 4.39 Å². The van der Waals surface area contributed by atoms with Crippen LogP contribution in [0.4, 0.5) is 4.39 Å². The minimum atomic E-state index is -1.29. The Hall–Kier alpha value is -2.62. The van der Waals surface area contributed by atoms with Crippen LogP contribution in [0.2, 0.25) is 0 Å². The molecule has 0 amide bonds. The summed E-state index contributed by atoms with van der Waals surface area (Å²) in [5.74, 6) is -1.69. The summed E-state index contributed by atoms with van der Waals surface area (Å²) in [5.41, 5.74) is 2.84. The molecule has 0 spiro atoms.